The number of nitrogens with zero attached hydrogens (tertiary/aromatic N) is 4. The van der Waals surface area contributed by atoms with Gasteiger partial charge in [-0.05, 0) is 25.1 Å². The molecule has 1 fully saturated rings. The van der Waals surface area contributed by atoms with Gasteiger partial charge in [0.15, 0.2) is 5.13 Å². The number of aryl methyl sites for hydroxylation is 1. The van der Waals surface area contributed by atoms with Crippen LogP contribution in [-0.2, 0) is 6.54 Å². The highest BCUT2D eigenvalue weighted by atomic mass is 32.1. The van der Waals surface area contributed by atoms with Crippen molar-refractivity contribution in [3.8, 4) is 0 Å². The summed E-state index contributed by atoms with van der Waals surface area (Å²) in [4.78, 5) is 30.0. The zero-order valence-corrected chi connectivity index (χ0v) is 18.2. The van der Waals surface area contributed by atoms with Gasteiger partial charge in [-0.15, -0.1) is 11.3 Å². The summed E-state index contributed by atoms with van der Waals surface area (Å²) in [5.41, 5.74) is 3.50. The average molecular weight is 433 g/mol. The Morgan fingerprint density at radius 2 is 1.94 bits per heavy atom. The fraction of sp³-hybridized carbons (Fsp3) is 0.261. The van der Waals surface area contributed by atoms with E-state index in [2.05, 4.69) is 36.1 Å². The number of thiazole rings is 1. The molecule has 4 heterocycles. The van der Waals surface area contributed by atoms with E-state index in [1.54, 1.807) is 0 Å². The summed E-state index contributed by atoms with van der Waals surface area (Å²) in [7, 11) is 0. The minimum absolute atomic E-state index is 0.125. The first-order valence-electron chi connectivity index (χ1n) is 10.4. The molecule has 1 aliphatic heterocycles. The third kappa shape index (κ3) is 4.17. The number of fused-ring (bicyclic) bond motifs is 1. The van der Waals surface area contributed by atoms with Gasteiger partial charge in [0.25, 0.3) is 5.91 Å². The zero-order valence-electron chi connectivity index (χ0n) is 17.3. The van der Waals surface area contributed by atoms with Gasteiger partial charge in [0.1, 0.15) is 5.82 Å². The second kappa shape index (κ2) is 8.49. The topological polar surface area (TPSA) is 77.2 Å². The number of nitrogens with one attached hydrogen (secondary N) is 2. The van der Waals surface area contributed by atoms with Gasteiger partial charge in [0.2, 0.25) is 0 Å². The minimum Gasteiger partial charge on any atom is -0.358 e. The molecule has 2 N–H and O–H groups in total. The summed E-state index contributed by atoms with van der Waals surface area (Å²) >= 11 is 1.47. The summed E-state index contributed by atoms with van der Waals surface area (Å²) in [6, 6.07) is 13.9. The van der Waals surface area contributed by atoms with Crippen molar-refractivity contribution in [2.45, 2.75) is 13.5 Å². The van der Waals surface area contributed by atoms with Crippen LogP contribution in [0.4, 0.5) is 10.9 Å². The molecule has 1 amide bonds. The zero-order chi connectivity index (χ0) is 21.2. The van der Waals surface area contributed by atoms with Gasteiger partial charge in [-0.3, -0.25) is 15.0 Å². The molecule has 1 aromatic carbocycles. The van der Waals surface area contributed by atoms with Gasteiger partial charge in [-0.2, -0.15) is 0 Å². The lowest BCUT2D eigenvalue weighted by molar-refractivity contribution is 0.102. The molecule has 5 rings (SSSR count). The van der Waals surface area contributed by atoms with Crippen molar-refractivity contribution in [3.05, 3.63) is 71.0 Å². The summed E-state index contributed by atoms with van der Waals surface area (Å²) in [5, 5.41) is 6.57. The van der Waals surface area contributed by atoms with E-state index < -0.39 is 0 Å². The smallest absolute Gasteiger partial charge is 0.259 e. The van der Waals surface area contributed by atoms with Crippen LogP contribution in [0.2, 0.25) is 0 Å². The van der Waals surface area contributed by atoms with E-state index in [4.69, 9.17) is 0 Å². The van der Waals surface area contributed by atoms with Crippen molar-refractivity contribution in [1.82, 2.24) is 19.9 Å². The van der Waals surface area contributed by atoms with Gasteiger partial charge < -0.3 is 9.88 Å². The number of para-hydroxylation sites is 1. The second-order valence-electron chi connectivity index (χ2n) is 7.72. The van der Waals surface area contributed by atoms with Gasteiger partial charge in [0, 0.05) is 60.9 Å². The third-order valence-electron chi connectivity index (χ3n) is 5.62. The van der Waals surface area contributed by atoms with E-state index in [1.165, 1.54) is 11.3 Å². The van der Waals surface area contributed by atoms with Crippen LogP contribution in [0.3, 0.4) is 0 Å². The van der Waals surface area contributed by atoms with Crippen LogP contribution >= 0.6 is 11.3 Å². The second-order valence-corrected chi connectivity index (χ2v) is 8.58. The molecule has 1 saturated heterocycles. The lowest BCUT2D eigenvalue weighted by atomic mass is 10.1. The molecule has 1 aliphatic rings. The number of aromatic amines is 1. The number of carbonyl (C=O) groups is 1. The predicted molar refractivity (Wildman–Crippen MR) is 125 cm³/mol. The van der Waals surface area contributed by atoms with Crippen molar-refractivity contribution < 1.29 is 4.79 Å². The molecule has 7 nitrogen and oxygen atoms in total. The van der Waals surface area contributed by atoms with Gasteiger partial charge in [-0.1, -0.05) is 24.3 Å². The summed E-state index contributed by atoms with van der Waals surface area (Å²) in [6.07, 6.45) is 1.84. The molecule has 0 radical (unpaired) electrons. The van der Waals surface area contributed by atoms with E-state index in [-0.39, 0.29) is 5.91 Å². The summed E-state index contributed by atoms with van der Waals surface area (Å²) < 4.78 is 0. The van der Waals surface area contributed by atoms with E-state index in [1.807, 2.05) is 54.9 Å². The van der Waals surface area contributed by atoms with Gasteiger partial charge >= 0.3 is 0 Å². The predicted octanol–water partition coefficient (Wildman–Crippen LogP) is 3.90. The Morgan fingerprint density at radius 3 is 2.74 bits per heavy atom. The Hall–Kier alpha value is -3.23. The number of aromatic nitrogens is 3. The lowest BCUT2D eigenvalue weighted by Gasteiger charge is -2.35. The Bertz CT molecular complexity index is 1190. The van der Waals surface area contributed by atoms with Crippen LogP contribution in [0, 0.1) is 6.92 Å². The van der Waals surface area contributed by atoms with Crippen molar-refractivity contribution in [2.24, 2.45) is 0 Å². The van der Waals surface area contributed by atoms with Gasteiger partial charge in [0.05, 0.1) is 11.3 Å². The van der Waals surface area contributed by atoms with Crippen LogP contribution in [-0.4, -0.2) is 51.9 Å². The number of amides is 1. The van der Waals surface area contributed by atoms with Crippen LogP contribution in [0.15, 0.2) is 54.0 Å². The first kappa shape index (κ1) is 19.7. The maximum absolute atomic E-state index is 12.9. The standard InChI is InChI=1S/C23H24N6OS/c1-16-21(18-6-2-3-7-19(18)25-16)22(30)27-23-26-17(15-31-23)14-28-10-12-29(13-11-28)20-8-4-5-9-24-20/h2-9,15,25H,10-14H2,1H3,(H,26,27,30). The van der Waals surface area contributed by atoms with E-state index >= 15 is 0 Å². The number of pyridine rings is 1. The number of piperazine rings is 1. The first-order valence-corrected chi connectivity index (χ1v) is 11.3. The number of hydrogen-bond donors (Lipinski definition) is 2. The lowest BCUT2D eigenvalue weighted by Crippen LogP contribution is -2.46. The van der Waals surface area contributed by atoms with Crippen molar-refractivity contribution in [1.29, 1.82) is 0 Å². The molecule has 31 heavy (non-hydrogen) atoms. The van der Waals surface area contributed by atoms with Crippen molar-refractivity contribution in [3.63, 3.8) is 0 Å². The van der Waals surface area contributed by atoms with E-state index in [0.717, 1.165) is 60.8 Å². The van der Waals surface area contributed by atoms with Crippen LogP contribution < -0.4 is 10.2 Å². The molecular weight excluding hydrogens is 408 g/mol. The minimum atomic E-state index is -0.125. The van der Waals surface area contributed by atoms with Crippen LogP contribution in [0.5, 0.6) is 0 Å². The normalized spacial score (nSPS) is 14.8. The Balaban J connectivity index is 1.20. The van der Waals surface area contributed by atoms with E-state index in [0.29, 0.717) is 10.7 Å². The number of H-pyrrole nitrogens is 1. The number of benzene rings is 1. The Morgan fingerprint density at radius 1 is 1.13 bits per heavy atom. The number of hydrogen-bond acceptors (Lipinski definition) is 6. The maximum atomic E-state index is 12.9. The quantitative estimate of drug-likeness (QED) is 0.500. The monoisotopic (exact) mass is 432 g/mol. The highest BCUT2D eigenvalue weighted by Crippen LogP contribution is 2.24. The molecule has 0 bridgehead atoms. The number of rotatable bonds is 5. The number of carbonyl (C=O) groups excluding carboxylic acids is 1. The van der Waals surface area contributed by atoms with Crippen molar-refractivity contribution in [2.75, 3.05) is 36.4 Å². The van der Waals surface area contributed by atoms with Gasteiger partial charge in [-0.25, -0.2) is 9.97 Å². The van der Waals surface area contributed by atoms with Crippen molar-refractivity contribution >= 4 is 39.1 Å². The summed E-state index contributed by atoms with van der Waals surface area (Å²) in [6.45, 7) is 6.53. The molecule has 8 heteroatoms. The SMILES string of the molecule is Cc1[nH]c2ccccc2c1C(=O)Nc1nc(CN2CCN(c3ccccn3)CC2)cs1. The Kier molecular flexibility index (Phi) is 5.40. The Labute approximate surface area is 184 Å². The average Bonchev–Trinajstić information content (AvgIpc) is 3.37. The molecule has 0 aliphatic carbocycles. The molecule has 0 atom stereocenters. The fourth-order valence-electron chi connectivity index (χ4n) is 4.07. The molecule has 158 valence electrons. The molecule has 3 aromatic heterocycles. The largest absolute Gasteiger partial charge is 0.358 e. The molecule has 0 unspecified atom stereocenters. The summed E-state index contributed by atoms with van der Waals surface area (Å²) in [5.74, 6) is 0.910. The van der Waals surface area contributed by atoms with Crippen LogP contribution in [0.1, 0.15) is 21.7 Å². The highest BCUT2D eigenvalue weighted by molar-refractivity contribution is 7.14. The molecular formula is C23H24N6OS. The first-order chi connectivity index (χ1) is 15.2. The third-order valence-corrected chi connectivity index (χ3v) is 6.43. The number of anilines is 2. The van der Waals surface area contributed by atoms with Crippen LogP contribution in [0.25, 0.3) is 10.9 Å². The molecule has 0 saturated carbocycles. The maximum Gasteiger partial charge on any atom is 0.259 e. The fourth-order valence-corrected chi connectivity index (χ4v) is 4.77. The molecule has 0 spiro atoms. The highest BCUT2D eigenvalue weighted by Gasteiger charge is 2.20. The van der Waals surface area contributed by atoms with E-state index in [9.17, 15) is 4.79 Å². The molecule has 4 aromatic rings.